The molecule has 0 spiro atoms. The molecule has 0 aliphatic heterocycles. The third-order valence-electron chi connectivity index (χ3n) is 3.31. The van der Waals surface area contributed by atoms with Crippen LogP contribution in [0, 0.1) is 0 Å². The minimum atomic E-state index is -1.15. The third-order valence-corrected chi connectivity index (χ3v) is 3.31. The number of aromatic nitrogens is 1. The zero-order valence-corrected chi connectivity index (χ0v) is 13.3. The molecule has 0 aliphatic carbocycles. The summed E-state index contributed by atoms with van der Waals surface area (Å²) in [5, 5.41) is 12.5. The highest BCUT2D eigenvalue weighted by atomic mass is 16.5. The minimum absolute atomic E-state index is 0.155. The molecule has 2 rings (SSSR count). The highest BCUT2D eigenvalue weighted by molar-refractivity contribution is 5.87. The van der Waals surface area contributed by atoms with Gasteiger partial charge in [-0.2, -0.15) is 0 Å². The number of hydrogen-bond acceptors (Lipinski definition) is 5. The van der Waals surface area contributed by atoms with Gasteiger partial charge >= 0.3 is 5.97 Å². The van der Waals surface area contributed by atoms with Gasteiger partial charge in [-0.25, -0.2) is 4.79 Å². The van der Waals surface area contributed by atoms with Gasteiger partial charge in [0.15, 0.2) is 11.5 Å². The molecule has 1 aromatic carbocycles. The molecule has 0 radical (unpaired) electrons. The summed E-state index contributed by atoms with van der Waals surface area (Å²) in [6.07, 6.45) is 0. The summed E-state index contributed by atoms with van der Waals surface area (Å²) in [5.74, 6) is 0.418. The van der Waals surface area contributed by atoms with Crippen LogP contribution >= 0.6 is 0 Å². The van der Waals surface area contributed by atoms with Gasteiger partial charge < -0.3 is 19.1 Å². The van der Waals surface area contributed by atoms with E-state index >= 15 is 0 Å². The van der Waals surface area contributed by atoms with Crippen molar-refractivity contribution in [2.45, 2.75) is 26.2 Å². The van der Waals surface area contributed by atoms with E-state index in [2.05, 4.69) is 25.9 Å². The summed E-state index contributed by atoms with van der Waals surface area (Å²) in [5.41, 5.74) is 1.19. The van der Waals surface area contributed by atoms with Crippen LogP contribution in [0.15, 0.2) is 22.7 Å². The first-order valence-electron chi connectivity index (χ1n) is 6.74. The van der Waals surface area contributed by atoms with E-state index in [0.29, 0.717) is 22.8 Å². The summed E-state index contributed by atoms with van der Waals surface area (Å²) < 4.78 is 16.0. The Labute approximate surface area is 128 Å². The molecule has 0 bridgehead atoms. The Morgan fingerprint density at radius 2 is 1.86 bits per heavy atom. The molecule has 0 fully saturated rings. The first kappa shape index (κ1) is 15.9. The number of nitrogens with zero attached hydrogens (tertiary/aromatic N) is 1. The molecule has 118 valence electrons. The van der Waals surface area contributed by atoms with E-state index in [4.69, 9.17) is 19.1 Å². The van der Waals surface area contributed by atoms with Crippen molar-refractivity contribution in [3.05, 3.63) is 29.5 Å². The third kappa shape index (κ3) is 2.90. The molecule has 0 amide bonds. The average molecular weight is 305 g/mol. The van der Waals surface area contributed by atoms with Gasteiger partial charge in [-0.15, -0.1) is 0 Å². The minimum Gasteiger partial charge on any atom is -0.497 e. The molecule has 22 heavy (non-hydrogen) atoms. The van der Waals surface area contributed by atoms with E-state index in [1.54, 1.807) is 20.3 Å². The molecule has 0 saturated heterocycles. The van der Waals surface area contributed by atoms with E-state index in [9.17, 15) is 4.79 Å². The van der Waals surface area contributed by atoms with Crippen molar-refractivity contribution >= 4 is 5.97 Å². The maximum Gasteiger partial charge on any atom is 0.358 e. The Hall–Kier alpha value is -2.50. The number of methoxy groups -OCH3 is 2. The van der Waals surface area contributed by atoms with Crippen LogP contribution in [0.4, 0.5) is 0 Å². The highest BCUT2D eigenvalue weighted by Crippen LogP contribution is 2.42. The predicted octanol–water partition coefficient (Wildman–Crippen LogP) is 3.35. The maximum absolute atomic E-state index is 11.0. The zero-order chi connectivity index (χ0) is 16.5. The van der Waals surface area contributed by atoms with E-state index < -0.39 is 5.97 Å². The van der Waals surface area contributed by atoms with E-state index in [0.717, 1.165) is 5.56 Å². The number of rotatable bonds is 4. The molecule has 6 nitrogen and oxygen atoms in total. The second kappa shape index (κ2) is 5.71. The van der Waals surface area contributed by atoms with Gasteiger partial charge in [-0.1, -0.05) is 25.9 Å². The van der Waals surface area contributed by atoms with Crippen LogP contribution in [0.3, 0.4) is 0 Å². The molecular formula is C16H19NO5. The smallest absolute Gasteiger partial charge is 0.358 e. The molecule has 0 aliphatic rings. The number of aromatic carboxylic acids is 1. The molecule has 0 unspecified atom stereocenters. The van der Waals surface area contributed by atoms with Crippen molar-refractivity contribution in [2.24, 2.45) is 0 Å². The molecule has 1 N–H and O–H groups in total. The van der Waals surface area contributed by atoms with Crippen molar-refractivity contribution < 1.29 is 23.9 Å². The molecule has 1 aromatic heterocycles. The highest BCUT2D eigenvalue weighted by Gasteiger charge is 2.25. The van der Waals surface area contributed by atoms with Crippen LogP contribution < -0.4 is 9.47 Å². The zero-order valence-electron chi connectivity index (χ0n) is 13.3. The topological polar surface area (TPSA) is 81.8 Å². The van der Waals surface area contributed by atoms with Crippen LogP contribution in [0.2, 0.25) is 0 Å². The normalized spacial score (nSPS) is 11.3. The van der Waals surface area contributed by atoms with Crippen molar-refractivity contribution in [1.29, 1.82) is 0 Å². The number of carboxylic acids is 1. The second-order valence-electron chi connectivity index (χ2n) is 5.89. The Morgan fingerprint density at radius 3 is 2.32 bits per heavy atom. The fourth-order valence-corrected chi connectivity index (χ4v) is 2.18. The summed E-state index contributed by atoms with van der Waals surface area (Å²) in [7, 11) is 3.14. The van der Waals surface area contributed by atoms with E-state index in [1.807, 2.05) is 6.07 Å². The Morgan fingerprint density at radius 1 is 1.18 bits per heavy atom. The molecule has 0 saturated carbocycles. The summed E-state index contributed by atoms with van der Waals surface area (Å²) in [4.78, 5) is 11.0. The lowest BCUT2D eigenvalue weighted by molar-refractivity contribution is 0.0686. The molecule has 0 atom stereocenters. The van der Waals surface area contributed by atoms with Gasteiger partial charge in [0.2, 0.25) is 0 Å². The number of hydrogen-bond donors (Lipinski definition) is 1. The van der Waals surface area contributed by atoms with Crippen LogP contribution in [-0.4, -0.2) is 30.5 Å². The van der Waals surface area contributed by atoms with Crippen molar-refractivity contribution in [2.75, 3.05) is 14.2 Å². The standard InChI is InChI=1S/C16H19NO5/c1-16(2,3)11-7-9(20-4)6-10(14(11)21-5)13-8-12(15(18)19)17-22-13/h6-8H,1-5H3,(H,18,19). The molecular weight excluding hydrogens is 286 g/mol. The number of benzene rings is 1. The fourth-order valence-electron chi connectivity index (χ4n) is 2.18. The lowest BCUT2D eigenvalue weighted by Crippen LogP contribution is -2.13. The second-order valence-corrected chi connectivity index (χ2v) is 5.89. The summed E-state index contributed by atoms with van der Waals surface area (Å²) in [6.45, 7) is 6.16. The summed E-state index contributed by atoms with van der Waals surface area (Å²) in [6, 6.07) is 5.00. The van der Waals surface area contributed by atoms with Crippen LogP contribution in [-0.2, 0) is 5.41 Å². The Bertz CT molecular complexity index is 697. The van der Waals surface area contributed by atoms with Crippen molar-refractivity contribution in [3.8, 4) is 22.8 Å². The van der Waals surface area contributed by atoms with Crippen molar-refractivity contribution in [3.63, 3.8) is 0 Å². The van der Waals surface area contributed by atoms with E-state index in [-0.39, 0.29) is 11.1 Å². The van der Waals surface area contributed by atoms with Gasteiger partial charge in [0.25, 0.3) is 0 Å². The molecule has 6 heteroatoms. The number of carbonyl (C=O) groups is 1. The van der Waals surface area contributed by atoms with Crippen molar-refractivity contribution in [1.82, 2.24) is 5.16 Å². The van der Waals surface area contributed by atoms with Gasteiger partial charge in [0.05, 0.1) is 19.8 Å². The van der Waals surface area contributed by atoms with Crippen LogP contribution in [0.25, 0.3) is 11.3 Å². The molecule has 1 heterocycles. The van der Waals surface area contributed by atoms with Gasteiger partial charge in [0.1, 0.15) is 11.5 Å². The van der Waals surface area contributed by atoms with Gasteiger partial charge in [0, 0.05) is 11.6 Å². The first-order chi connectivity index (χ1) is 10.3. The lowest BCUT2D eigenvalue weighted by atomic mass is 9.84. The largest absolute Gasteiger partial charge is 0.497 e. The van der Waals surface area contributed by atoms with Crippen LogP contribution in [0.1, 0.15) is 36.8 Å². The molecule has 2 aromatic rings. The fraction of sp³-hybridized carbons (Fsp3) is 0.375. The summed E-state index contributed by atoms with van der Waals surface area (Å²) >= 11 is 0. The number of ether oxygens (including phenoxy) is 2. The lowest BCUT2D eigenvalue weighted by Gasteiger charge is -2.24. The number of carboxylic acid groups (broad SMARTS) is 1. The van der Waals surface area contributed by atoms with Gasteiger partial charge in [-0.05, 0) is 17.5 Å². The first-order valence-corrected chi connectivity index (χ1v) is 6.74. The average Bonchev–Trinajstić information content (AvgIpc) is 2.94. The quantitative estimate of drug-likeness (QED) is 0.932. The Balaban J connectivity index is 2.70. The monoisotopic (exact) mass is 305 g/mol. The Kier molecular flexibility index (Phi) is 4.12. The van der Waals surface area contributed by atoms with Gasteiger partial charge in [-0.3, -0.25) is 0 Å². The predicted molar refractivity (Wildman–Crippen MR) is 80.7 cm³/mol. The van der Waals surface area contributed by atoms with Crippen LogP contribution in [0.5, 0.6) is 11.5 Å². The maximum atomic E-state index is 11.0. The van der Waals surface area contributed by atoms with E-state index in [1.165, 1.54) is 6.07 Å². The SMILES string of the molecule is COc1cc(-c2cc(C(=O)O)no2)c(OC)c(C(C)(C)C)c1.